The van der Waals surface area contributed by atoms with Crippen molar-refractivity contribution in [3.05, 3.63) is 54.1 Å². The van der Waals surface area contributed by atoms with Crippen LogP contribution in [0.2, 0.25) is 0 Å². The molecular weight excluding hydrogens is 260 g/mol. The van der Waals surface area contributed by atoms with E-state index in [0.29, 0.717) is 0 Å². The number of ether oxygens (including phenoxy) is 1. The second-order valence-corrected chi connectivity index (χ2v) is 5.23. The van der Waals surface area contributed by atoms with Gasteiger partial charge in [0.25, 0.3) is 0 Å². The quantitative estimate of drug-likeness (QED) is 0.778. The second kappa shape index (κ2) is 7.58. The number of hydrogen-bond acceptors (Lipinski definition) is 3. The molecule has 0 atom stereocenters. The van der Waals surface area contributed by atoms with Crippen LogP contribution in [0.5, 0.6) is 5.75 Å². The van der Waals surface area contributed by atoms with E-state index in [4.69, 9.17) is 10.5 Å². The van der Waals surface area contributed by atoms with Gasteiger partial charge in [0, 0.05) is 30.5 Å². The monoisotopic (exact) mass is 284 g/mol. The largest absolute Gasteiger partial charge is 0.497 e. The minimum atomic E-state index is 0.743. The molecule has 21 heavy (non-hydrogen) atoms. The van der Waals surface area contributed by atoms with Gasteiger partial charge < -0.3 is 15.4 Å². The molecule has 112 valence electrons. The molecule has 0 unspecified atom stereocenters. The van der Waals surface area contributed by atoms with E-state index in [2.05, 4.69) is 42.2 Å². The van der Waals surface area contributed by atoms with Gasteiger partial charge in [0.1, 0.15) is 5.75 Å². The van der Waals surface area contributed by atoms with Crippen LogP contribution in [-0.2, 0) is 6.54 Å². The first-order valence-corrected chi connectivity index (χ1v) is 7.46. The molecule has 0 saturated carbocycles. The molecular formula is C18H24N2O. The maximum Gasteiger partial charge on any atom is 0.121 e. The molecule has 0 bridgehead atoms. The fourth-order valence-electron chi connectivity index (χ4n) is 2.40. The number of nitrogen functional groups attached to an aromatic ring is 1. The van der Waals surface area contributed by atoms with Crippen LogP contribution in [0.15, 0.2) is 48.5 Å². The molecule has 0 amide bonds. The zero-order valence-corrected chi connectivity index (χ0v) is 12.9. The Morgan fingerprint density at radius 2 is 1.86 bits per heavy atom. The van der Waals surface area contributed by atoms with Crippen LogP contribution >= 0.6 is 0 Å². The average molecular weight is 284 g/mol. The SMILES string of the molecule is CCCCN(Cc1cc(N)cc(OC)c1)c1ccccc1. The molecule has 0 spiro atoms. The maximum atomic E-state index is 5.95. The Balaban J connectivity index is 2.20. The standard InChI is InChI=1S/C18H24N2O/c1-3-4-10-20(17-8-6-5-7-9-17)14-15-11-16(19)13-18(12-15)21-2/h5-9,11-13H,3-4,10,14,19H2,1-2H3. The van der Waals surface area contributed by atoms with Crippen LogP contribution in [0, 0.1) is 0 Å². The number of hydrogen-bond donors (Lipinski definition) is 1. The molecule has 2 aromatic rings. The molecule has 3 heteroatoms. The van der Waals surface area contributed by atoms with Gasteiger partial charge in [0.2, 0.25) is 0 Å². The first-order valence-electron chi connectivity index (χ1n) is 7.46. The lowest BCUT2D eigenvalue weighted by atomic mass is 10.1. The van der Waals surface area contributed by atoms with Crippen molar-refractivity contribution in [3.8, 4) is 5.75 Å². The number of anilines is 2. The van der Waals surface area contributed by atoms with Gasteiger partial charge in [-0.3, -0.25) is 0 Å². The molecule has 0 aliphatic carbocycles. The second-order valence-electron chi connectivity index (χ2n) is 5.23. The minimum Gasteiger partial charge on any atom is -0.497 e. The van der Waals surface area contributed by atoms with Gasteiger partial charge in [0.15, 0.2) is 0 Å². The molecule has 0 radical (unpaired) electrons. The maximum absolute atomic E-state index is 5.95. The van der Waals surface area contributed by atoms with Crippen molar-refractivity contribution >= 4 is 11.4 Å². The number of unbranched alkanes of at least 4 members (excludes halogenated alkanes) is 1. The van der Waals surface area contributed by atoms with E-state index in [0.717, 1.165) is 24.5 Å². The molecule has 0 heterocycles. The van der Waals surface area contributed by atoms with Gasteiger partial charge in [0.05, 0.1) is 7.11 Å². The van der Waals surface area contributed by atoms with E-state index in [9.17, 15) is 0 Å². The van der Waals surface area contributed by atoms with E-state index in [1.807, 2.05) is 18.2 Å². The fraction of sp³-hybridized carbons (Fsp3) is 0.333. The summed E-state index contributed by atoms with van der Waals surface area (Å²) in [6.07, 6.45) is 2.36. The highest BCUT2D eigenvalue weighted by Gasteiger charge is 2.08. The van der Waals surface area contributed by atoms with Crippen LogP contribution in [0.4, 0.5) is 11.4 Å². The van der Waals surface area contributed by atoms with Gasteiger partial charge >= 0.3 is 0 Å². The predicted octanol–water partition coefficient (Wildman–Crippen LogP) is 4.08. The Morgan fingerprint density at radius 1 is 1.10 bits per heavy atom. The van der Waals surface area contributed by atoms with Crippen molar-refractivity contribution in [2.24, 2.45) is 0 Å². The number of nitrogens with two attached hydrogens (primary N) is 1. The van der Waals surface area contributed by atoms with Gasteiger partial charge in [-0.2, -0.15) is 0 Å². The Hall–Kier alpha value is -2.16. The number of nitrogens with zero attached hydrogens (tertiary/aromatic N) is 1. The van der Waals surface area contributed by atoms with E-state index in [1.54, 1.807) is 7.11 Å². The third-order valence-electron chi connectivity index (χ3n) is 3.50. The summed E-state index contributed by atoms with van der Waals surface area (Å²) in [5.74, 6) is 0.813. The summed E-state index contributed by atoms with van der Waals surface area (Å²) >= 11 is 0. The van der Waals surface area contributed by atoms with Gasteiger partial charge in [-0.1, -0.05) is 31.5 Å². The van der Waals surface area contributed by atoms with Crippen molar-refractivity contribution in [1.29, 1.82) is 0 Å². The van der Waals surface area contributed by atoms with Gasteiger partial charge in [-0.15, -0.1) is 0 Å². The first kappa shape index (κ1) is 15.2. The summed E-state index contributed by atoms with van der Waals surface area (Å²) in [5.41, 5.74) is 9.11. The number of para-hydroxylation sites is 1. The highest BCUT2D eigenvalue weighted by Crippen LogP contribution is 2.22. The molecule has 0 saturated heterocycles. The lowest BCUT2D eigenvalue weighted by molar-refractivity contribution is 0.414. The lowest BCUT2D eigenvalue weighted by Crippen LogP contribution is -2.23. The molecule has 0 aliphatic heterocycles. The average Bonchev–Trinajstić information content (AvgIpc) is 2.51. The minimum absolute atomic E-state index is 0.743. The van der Waals surface area contributed by atoms with Crippen molar-refractivity contribution in [1.82, 2.24) is 0 Å². The predicted molar refractivity (Wildman–Crippen MR) is 89.8 cm³/mol. The molecule has 2 N–H and O–H groups in total. The van der Waals surface area contributed by atoms with Crippen LogP contribution in [0.3, 0.4) is 0 Å². The van der Waals surface area contributed by atoms with Crippen LogP contribution in [0.1, 0.15) is 25.3 Å². The molecule has 0 fully saturated rings. The number of methoxy groups -OCH3 is 1. The number of rotatable bonds is 7. The van der Waals surface area contributed by atoms with Crippen molar-refractivity contribution in [2.45, 2.75) is 26.3 Å². The third-order valence-corrected chi connectivity index (χ3v) is 3.50. The summed E-state index contributed by atoms with van der Waals surface area (Å²) in [7, 11) is 1.67. The highest BCUT2D eigenvalue weighted by atomic mass is 16.5. The highest BCUT2D eigenvalue weighted by molar-refractivity contribution is 5.51. The molecule has 0 aromatic heterocycles. The Morgan fingerprint density at radius 3 is 2.52 bits per heavy atom. The third kappa shape index (κ3) is 4.42. The smallest absolute Gasteiger partial charge is 0.121 e. The van der Waals surface area contributed by atoms with Crippen molar-refractivity contribution < 1.29 is 4.74 Å². The molecule has 2 rings (SSSR count). The van der Waals surface area contributed by atoms with Gasteiger partial charge in [-0.25, -0.2) is 0 Å². The zero-order chi connectivity index (χ0) is 15.1. The molecule has 3 nitrogen and oxygen atoms in total. The van der Waals surface area contributed by atoms with E-state index < -0.39 is 0 Å². The molecule has 2 aromatic carbocycles. The van der Waals surface area contributed by atoms with Crippen molar-refractivity contribution in [3.63, 3.8) is 0 Å². The van der Waals surface area contributed by atoms with E-state index in [1.165, 1.54) is 24.1 Å². The first-order chi connectivity index (χ1) is 10.2. The fourth-order valence-corrected chi connectivity index (χ4v) is 2.40. The topological polar surface area (TPSA) is 38.5 Å². The number of benzene rings is 2. The Bertz CT molecular complexity index is 554. The summed E-state index contributed by atoms with van der Waals surface area (Å²) in [5, 5.41) is 0. The van der Waals surface area contributed by atoms with Crippen molar-refractivity contribution in [2.75, 3.05) is 24.3 Å². The Kier molecular flexibility index (Phi) is 5.50. The van der Waals surface area contributed by atoms with Crippen LogP contribution in [-0.4, -0.2) is 13.7 Å². The summed E-state index contributed by atoms with van der Waals surface area (Å²) in [6, 6.07) is 16.4. The summed E-state index contributed by atoms with van der Waals surface area (Å²) in [6.45, 7) is 4.09. The summed E-state index contributed by atoms with van der Waals surface area (Å²) in [4.78, 5) is 2.39. The van der Waals surface area contributed by atoms with Crippen LogP contribution < -0.4 is 15.4 Å². The van der Waals surface area contributed by atoms with Gasteiger partial charge in [-0.05, 0) is 36.2 Å². The normalized spacial score (nSPS) is 10.4. The molecule has 0 aliphatic rings. The van der Waals surface area contributed by atoms with E-state index in [-0.39, 0.29) is 0 Å². The van der Waals surface area contributed by atoms with E-state index >= 15 is 0 Å². The summed E-state index contributed by atoms with van der Waals surface area (Å²) < 4.78 is 5.31. The van der Waals surface area contributed by atoms with Crippen LogP contribution in [0.25, 0.3) is 0 Å². The Labute approximate surface area is 127 Å². The zero-order valence-electron chi connectivity index (χ0n) is 12.9. The lowest BCUT2D eigenvalue weighted by Gasteiger charge is -2.25.